The van der Waals surface area contributed by atoms with Crippen LogP contribution in [0.3, 0.4) is 0 Å². The Morgan fingerprint density at radius 1 is 1.30 bits per heavy atom. The highest BCUT2D eigenvalue weighted by molar-refractivity contribution is 5.57. The van der Waals surface area contributed by atoms with E-state index in [9.17, 15) is 15.2 Å². The van der Waals surface area contributed by atoms with Crippen molar-refractivity contribution in [1.82, 2.24) is 0 Å². The van der Waals surface area contributed by atoms with E-state index in [1.165, 1.54) is 12.1 Å². The maximum Gasteiger partial charge on any atom is 0.275 e. The average Bonchev–Trinajstić information content (AvgIpc) is 2.45. The van der Waals surface area contributed by atoms with Crippen molar-refractivity contribution in [2.24, 2.45) is 0 Å². The van der Waals surface area contributed by atoms with Crippen LogP contribution >= 0.6 is 0 Å². The smallest absolute Gasteiger partial charge is 0.275 e. The normalized spacial score (nSPS) is 11.2. The molecule has 0 bridgehead atoms. The maximum absolute atomic E-state index is 11.0. The molecule has 112 valence electrons. The average molecular weight is 282 g/mol. The van der Waals surface area contributed by atoms with Gasteiger partial charge in [0.25, 0.3) is 5.69 Å². The number of aliphatic hydroxyl groups excluding tert-OH is 1. The Kier molecular flexibility index (Phi) is 5.76. The molecule has 0 saturated carbocycles. The number of nitro groups is 1. The fraction of sp³-hybridized carbons (Fsp3) is 0.571. The quantitative estimate of drug-likeness (QED) is 0.565. The number of nitrogens with zero attached hydrogens (tertiary/aromatic N) is 1. The number of aliphatic hydroxyl groups is 1. The van der Waals surface area contributed by atoms with Crippen molar-refractivity contribution in [2.75, 3.05) is 18.5 Å². The fourth-order valence-electron chi connectivity index (χ4n) is 2.01. The predicted molar refractivity (Wildman–Crippen MR) is 78.3 cm³/mol. The van der Waals surface area contributed by atoms with Crippen LogP contribution in [0.1, 0.15) is 33.6 Å². The number of rotatable bonds is 8. The first kappa shape index (κ1) is 16.2. The van der Waals surface area contributed by atoms with Gasteiger partial charge in [-0.1, -0.05) is 13.8 Å². The van der Waals surface area contributed by atoms with Crippen LogP contribution in [0.4, 0.5) is 11.4 Å². The molecule has 1 rings (SSSR count). The summed E-state index contributed by atoms with van der Waals surface area (Å²) in [5.41, 5.74) is 0.0801. The highest BCUT2D eigenvalue weighted by Crippen LogP contribution is 2.29. The highest BCUT2D eigenvalue weighted by atomic mass is 16.6. The van der Waals surface area contributed by atoms with Gasteiger partial charge in [-0.15, -0.1) is 0 Å². The van der Waals surface area contributed by atoms with Crippen molar-refractivity contribution in [3.8, 4) is 5.75 Å². The van der Waals surface area contributed by atoms with E-state index in [4.69, 9.17) is 4.74 Å². The number of non-ortho nitro benzene ring substituents is 1. The van der Waals surface area contributed by atoms with E-state index in [-0.39, 0.29) is 12.3 Å². The second kappa shape index (κ2) is 7.09. The van der Waals surface area contributed by atoms with E-state index >= 15 is 0 Å². The number of hydrogen-bond acceptors (Lipinski definition) is 5. The van der Waals surface area contributed by atoms with Gasteiger partial charge < -0.3 is 15.2 Å². The molecule has 0 unspecified atom stereocenters. The minimum absolute atomic E-state index is 0.0301. The number of ether oxygens (including phenoxy) is 1. The molecule has 2 N–H and O–H groups in total. The summed E-state index contributed by atoms with van der Waals surface area (Å²) in [6.07, 6.45) is 1.43. The van der Waals surface area contributed by atoms with Crippen molar-refractivity contribution >= 4 is 11.4 Å². The number of anilines is 1. The lowest BCUT2D eigenvalue weighted by Crippen LogP contribution is -2.40. The van der Waals surface area contributed by atoms with Crippen LogP contribution in [0.5, 0.6) is 5.75 Å². The van der Waals surface area contributed by atoms with E-state index in [0.29, 0.717) is 30.9 Å². The van der Waals surface area contributed by atoms with Gasteiger partial charge in [-0.25, -0.2) is 0 Å². The maximum atomic E-state index is 11.0. The molecule has 0 atom stereocenters. The first-order valence-electron chi connectivity index (χ1n) is 6.81. The van der Waals surface area contributed by atoms with Gasteiger partial charge in [0, 0.05) is 17.8 Å². The minimum atomic E-state index is -0.474. The molecule has 0 amide bonds. The van der Waals surface area contributed by atoms with Gasteiger partial charge in [-0.05, 0) is 19.8 Å². The standard InChI is InChI=1S/C14H22N2O4/c1-4-14(5-2,10-17)15-11-7-12(16(18)19)9-13(8-11)20-6-3/h7-9,15,17H,4-6,10H2,1-3H3. The highest BCUT2D eigenvalue weighted by Gasteiger charge is 2.25. The molecule has 1 aromatic carbocycles. The molecule has 0 aliphatic carbocycles. The third-order valence-electron chi connectivity index (χ3n) is 3.48. The lowest BCUT2D eigenvalue weighted by molar-refractivity contribution is -0.384. The van der Waals surface area contributed by atoms with Crippen molar-refractivity contribution in [1.29, 1.82) is 0 Å². The molecule has 0 saturated heterocycles. The Bertz CT molecular complexity index is 450. The first-order chi connectivity index (χ1) is 9.50. The van der Waals surface area contributed by atoms with Crippen LogP contribution in [0.25, 0.3) is 0 Å². The second-order valence-electron chi connectivity index (χ2n) is 4.68. The van der Waals surface area contributed by atoms with Crippen LogP contribution < -0.4 is 10.1 Å². The van der Waals surface area contributed by atoms with Crippen molar-refractivity contribution < 1.29 is 14.8 Å². The van der Waals surface area contributed by atoms with Gasteiger partial charge >= 0.3 is 0 Å². The van der Waals surface area contributed by atoms with Gasteiger partial charge in [0.15, 0.2) is 0 Å². The summed E-state index contributed by atoms with van der Waals surface area (Å²) in [6, 6.07) is 4.57. The second-order valence-corrected chi connectivity index (χ2v) is 4.68. The Hall–Kier alpha value is -1.82. The van der Waals surface area contributed by atoms with Gasteiger partial charge in [0.05, 0.1) is 29.7 Å². The van der Waals surface area contributed by atoms with E-state index in [1.54, 1.807) is 6.07 Å². The summed E-state index contributed by atoms with van der Waals surface area (Å²) in [4.78, 5) is 10.5. The topological polar surface area (TPSA) is 84.6 Å². The van der Waals surface area contributed by atoms with Crippen molar-refractivity contribution in [3.05, 3.63) is 28.3 Å². The molecule has 6 nitrogen and oxygen atoms in total. The monoisotopic (exact) mass is 282 g/mol. The summed E-state index contributed by atoms with van der Waals surface area (Å²) < 4.78 is 5.35. The number of nitrogens with one attached hydrogen (secondary N) is 1. The summed E-state index contributed by atoms with van der Waals surface area (Å²) in [5, 5.41) is 23.7. The van der Waals surface area contributed by atoms with E-state index in [0.717, 1.165) is 0 Å². The van der Waals surface area contributed by atoms with Crippen LogP contribution in [-0.4, -0.2) is 28.8 Å². The van der Waals surface area contributed by atoms with Gasteiger partial charge in [0.1, 0.15) is 5.75 Å². The molecule has 1 aromatic rings. The molecule has 0 fully saturated rings. The first-order valence-corrected chi connectivity index (χ1v) is 6.81. The predicted octanol–water partition coefficient (Wildman–Crippen LogP) is 2.96. The zero-order chi connectivity index (χ0) is 15.2. The van der Waals surface area contributed by atoms with Crippen LogP contribution in [-0.2, 0) is 0 Å². The summed E-state index contributed by atoms with van der Waals surface area (Å²) in [7, 11) is 0. The van der Waals surface area contributed by atoms with Gasteiger partial charge in [-0.3, -0.25) is 10.1 Å². The lowest BCUT2D eigenvalue weighted by atomic mass is 9.93. The van der Waals surface area contributed by atoms with E-state index < -0.39 is 10.5 Å². The Morgan fingerprint density at radius 2 is 1.95 bits per heavy atom. The lowest BCUT2D eigenvalue weighted by Gasteiger charge is -2.32. The SMILES string of the molecule is CCOc1cc(NC(CC)(CC)CO)cc([N+](=O)[O-])c1. The molecule has 0 spiro atoms. The summed E-state index contributed by atoms with van der Waals surface area (Å²) >= 11 is 0. The number of nitro benzene ring substituents is 1. The van der Waals surface area contributed by atoms with Crippen molar-refractivity contribution in [2.45, 2.75) is 39.2 Å². The third kappa shape index (κ3) is 3.84. The summed E-state index contributed by atoms with van der Waals surface area (Å²) in [6.45, 7) is 6.16. The largest absolute Gasteiger partial charge is 0.494 e. The third-order valence-corrected chi connectivity index (χ3v) is 3.48. The van der Waals surface area contributed by atoms with E-state index in [1.807, 2.05) is 20.8 Å². The zero-order valence-corrected chi connectivity index (χ0v) is 12.2. The van der Waals surface area contributed by atoms with Gasteiger partial charge in [0.2, 0.25) is 0 Å². The van der Waals surface area contributed by atoms with Crippen LogP contribution in [0.15, 0.2) is 18.2 Å². The van der Waals surface area contributed by atoms with Crippen LogP contribution in [0, 0.1) is 10.1 Å². The van der Waals surface area contributed by atoms with Gasteiger partial charge in [-0.2, -0.15) is 0 Å². The van der Waals surface area contributed by atoms with Crippen molar-refractivity contribution in [3.63, 3.8) is 0 Å². The number of hydrogen-bond donors (Lipinski definition) is 2. The molecule has 0 radical (unpaired) electrons. The molecule has 0 aliphatic rings. The molecule has 0 aliphatic heterocycles. The molecule has 6 heteroatoms. The molecule has 0 heterocycles. The summed E-state index contributed by atoms with van der Waals surface area (Å²) in [5.74, 6) is 0.447. The minimum Gasteiger partial charge on any atom is -0.494 e. The van der Waals surface area contributed by atoms with Crippen LogP contribution in [0.2, 0.25) is 0 Å². The molecule has 20 heavy (non-hydrogen) atoms. The molecular formula is C14H22N2O4. The Morgan fingerprint density at radius 3 is 2.40 bits per heavy atom. The molecular weight excluding hydrogens is 260 g/mol. The number of benzene rings is 1. The Labute approximate surface area is 118 Å². The fourth-order valence-corrected chi connectivity index (χ4v) is 2.01. The zero-order valence-electron chi connectivity index (χ0n) is 12.2. The Balaban J connectivity index is 3.12. The molecule has 0 aromatic heterocycles. The van der Waals surface area contributed by atoms with E-state index in [2.05, 4.69) is 5.32 Å².